The molecule has 1 saturated carbocycles. The van der Waals surface area contributed by atoms with E-state index < -0.39 is 0 Å². The number of rotatable bonds is 3. The molecule has 0 radical (unpaired) electrons. The summed E-state index contributed by atoms with van der Waals surface area (Å²) in [5, 5.41) is 3.81. The number of benzene rings is 1. The van der Waals surface area contributed by atoms with Gasteiger partial charge in [-0.1, -0.05) is 35.7 Å². The van der Waals surface area contributed by atoms with E-state index in [4.69, 9.17) is 23.2 Å². The van der Waals surface area contributed by atoms with Crippen LogP contribution in [0.5, 0.6) is 0 Å². The number of anilines is 1. The molecule has 1 aromatic carbocycles. The van der Waals surface area contributed by atoms with Crippen LogP contribution in [0.4, 0.5) is 5.69 Å². The molecule has 120 valence electrons. The molecule has 3 rings (SSSR count). The average Bonchev–Trinajstić information content (AvgIpc) is 2.52. The van der Waals surface area contributed by atoms with Gasteiger partial charge in [0.05, 0.1) is 28.3 Å². The summed E-state index contributed by atoms with van der Waals surface area (Å²) in [6.07, 6.45) is 7.86. The first-order valence-electron chi connectivity index (χ1n) is 8.23. The summed E-state index contributed by atoms with van der Waals surface area (Å²) in [4.78, 5) is 13.8. The third-order valence-corrected chi connectivity index (χ3v) is 5.94. The molecular formula is C17H23Cl2N2O+. The van der Waals surface area contributed by atoms with Crippen LogP contribution in [0.3, 0.4) is 0 Å². The van der Waals surface area contributed by atoms with E-state index in [0.29, 0.717) is 28.3 Å². The van der Waals surface area contributed by atoms with Crippen molar-refractivity contribution in [2.75, 3.05) is 18.4 Å². The summed E-state index contributed by atoms with van der Waals surface area (Å²) in [5.74, 6) is 0.852. The number of quaternary nitrogens is 1. The Labute approximate surface area is 142 Å². The summed E-state index contributed by atoms with van der Waals surface area (Å²) >= 11 is 12.1. The number of halogens is 2. The molecule has 2 fully saturated rings. The van der Waals surface area contributed by atoms with Crippen molar-refractivity contribution in [2.45, 2.75) is 44.6 Å². The lowest BCUT2D eigenvalue weighted by Crippen LogP contribution is -3.18. The van der Waals surface area contributed by atoms with Crippen molar-refractivity contribution in [1.29, 1.82) is 0 Å². The molecule has 3 atom stereocenters. The number of hydrogen-bond acceptors (Lipinski definition) is 1. The Morgan fingerprint density at radius 1 is 1.18 bits per heavy atom. The van der Waals surface area contributed by atoms with Crippen LogP contribution in [0.25, 0.3) is 0 Å². The maximum absolute atomic E-state index is 12.4. The number of carbonyl (C=O) groups excluding carboxylic acids is 1. The van der Waals surface area contributed by atoms with Crippen LogP contribution in [0.2, 0.25) is 10.0 Å². The molecule has 1 amide bonds. The van der Waals surface area contributed by atoms with Gasteiger partial charge in [-0.15, -0.1) is 0 Å². The highest BCUT2D eigenvalue weighted by Gasteiger charge is 2.37. The fourth-order valence-electron chi connectivity index (χ4n) is 4.09. The molecule has 2 aliphatic rings. The second-order valence-electron chi connectivity index (χ2n) is 6.53. The molecule has 2 N–H and O–H groups in total. The van der Waals surface area contributed by atoms with Gasteiger partial charge in [0, 0.05) is 5.92 Å². The molecule has 0 spiro atoms. The van der Waals surface area contributed by atoms with Crippen molar-refractivity contribution < 1.29 is 9.69 Å². The van der Waals surface area contributed by atoms with Gasteiger partial charge >= 0.3 is 0 Å². The van der Waals surface area contributed by atoms with Crippen LogP contribution in [-0.4, -0.2) is 25.0 Å². The minimum atomic E-state index is 0.0328. The largest absolute Gasteiger partial charge is 0.324 e. The summed E-state index contributed by atoms with van der Waals surface area (Å²) in [6, 6.07) is 5.99. The van der Waals surface area contributed by atoms with E-state index in [1.807, 2.05) is 0 Å². The molecule has 1 unspecified atom stereocenters. The Balaban J connectivity index is 1.62. The van der Waals surface area contributed by atoms with Gasteiger partial charge in [-0.2, -0.15) is 0 Å². The van der Waals surface area contributed by atoms with Crippen molar-refractivity contribution in [1.82, 2.24) is 0 Å². The van der Waals surface area contributed by atoms with Crippen LogP contribution < -0.4 is 10.2 Å². The van der Waals surface area contributed by atoms with Gasteiger partial charge in [-0.25, -0.2) is 0 Å². The third kappa shape index (κ3) is 3.58. The molecular weight excluding hydrogens is 319 g/mol. The molecule has 1 heterocycles. The van der Waals surface area contributed by atoms with Crippen LogP contribution in [-0.2, 0) is 4.79 Å². The van der Waals surface area contributed by atoms with E-state index in [2.05, 4.69) is 5.32 Å². The second kappa shape index (κ2) is 7.20. The van der Waals surface area contributed by atoms with Crippen LogP contribution in [0, 0.1) is 5.92 Å². The molecule has 1 aromatic rings. The maximum Gasteiger partial charge on any atom is 0.279 e. The first kappa shape index (κ1) is 16.1. The lowest BCUT2D eigenvalue weighted by molar-refractivity contribution is -0.928. The Kier molecular flexibility index (Phi) is 5.27. The SMILES string of the molecule is O=C(C[NH+]1CCC[C@H]2CCCC[C@@H]21)Nc1cccc(Cl)c1Cl. The number of amides is 1. The van der Waals surface area contributed by atoms with Gasteiger partial charge in [0.2, 0.25) is 0 Å². The Hall–Kier alpha value is -0.770. The first-order valence-corrected chi connectivity index (χ1v) is 8.99. The number of likely N-dealkylation sites (tertiary alicyclic amines) is 1. The monoisotopic (exact) mass is 341 g/mol. The number of nitrogens with one attached hydrogen (secondary N) is 2. The predicted octanol–water partition coefficient (Wildman–Crippen LogP) is 3.17. The number of fused-ring (bicyclic) bond motifs is 1. The molecule has 1 aliphatic heterocycles. The zero-order chi connectivity index (χ0) is 15.5. The van der Waals surface area contributed by atoms with E-state index in [1.54, 1.807) is 18.2 Å². The molecule has 3 nitrogen and oxygen atoms in total. The smallest absolute Gasteiger partial charge is 0.279 e. The Morgan fingerprint density at radius 3 is 2.82 bits per heavy atom. The standard InChI is InChI=1S/C17H22Cl2N2O/c18-13-7-3-8-14(17(13)19)20-16(22)11-21-10-4-6-12-5-1-2-9-15(12)21/h3,7-8,12,15H,1-2,4-6,9-11H2,(H,20,22)/p+1/t12-,15+/m1/s1. The summed E-state index contributed by atoms with van der Waals surface area (Å²) in [5.41, 5.74) is 0.607. The maximum atomic E-state index is 12.4. The van der Waals surface area contributed by atoms with Crippen molar-refractivity contribution in [3.05, 3.63) is 28.2 Å². The molecule has 0 aromatic heterocycles. The summed E-state index contributed by atoms with van der Waals surface area (Å²) in [7, 11) is 0. The topological polar surface area (TPSA) is 33.5 Å². The van der Waals surface area contributed by atoms with Gasteiger partial charge in [0.25, 0.3) is 5.91 Å². The zero-order valence-corrected chi connectivity index (χ0v) is 14.2. The molecule has 1 aliphatic carbocycles. The minimum Gasteiger partial charge on any atom is -0.324 e. The van der Waals surface area contributed by atoms with Crippen molar-refractivity contribution in [2.24, 2.45) is 5.92 Å². The zero-order valence-electron chi connectivity index (χ0n) is 12.7. The highest BCUT2D eigenvalue weighted by molar-refractivity contribution is 6.43. The van der Waals surface area contributed by atoms with Crippen LogP contribution in [0.15, 0.2) is 18.2 Å². The van der Waals surface area contributed by atoms with E-state index in [-0.39, 0.29) is 5.91 Å². The highest BCUT2D eigenvalue weighted by Crippen LogP contribution is 2.30. The molecule has 1 saturated heterocycles. The second-order valence-corrected chi connectivity index (χ2v) is 7.31. The van der Waals surface area contributed by atoms with E-state index in [0.717, 1.165) is 12.5 Å². The molecule has 5 heteroatoms. The van der Waals surface area contributed by atoms with E-state index >= 15 is 0 Å². The van der Waals surface area contributed by atoms with Gasteiger partial charge in [-0.3, -0.25) is 4.79 Å². The third-order valence-electron chi connectivity index (χ3n) is 5.12. The van der Waals surface area contributed by atoms with Gasteiger partial charge < -0.3 is 10.2 Å². The fourth-order valence-corrected chi connectivity index (χ4v) is 4.44. The molecule has 0 bridgehead atoms. The average molecular weight is 342 g/mol. The quantitative estimate of drug-likeness (QED) is 0.869. The van der Waals surface area contributed by atoms with Gasteiger partial charge in [0.1, 0.15) is 0 Å². The lowest BCUT2D eigenvalue weighted by Gasteiger charge is -2.40. The summed E-state index contributed by atoms with van der Waals surface area (Å²) in [6.45, 7) is 1.64. The lowest BCUT2D eigenvalue weighted by atomic mass is 9.78. The first-order chi connectivity index (χ1) is 10.6. The number of carbonyl (C=O) groups is 1. The summed E-state index contributed by atoms with van der Waals surface area (Å²) < 4.78 is 0. The Morgan fingerprint density at radius 2 is 1.95 bits per heavy atom. The van der Waals surface area contributed by atoms with E-state index in [9.17, 15) is 4.79 Å². The van der Waals surface area contributed by atoms with Gasteiger partial charge in [-0.05, 0) is 44.2 Å². The molecule has 22 heavy (non-hydrogen) atoms. The van der Waals surface area contributed by atoms with Crippen LogP contribution in [0.1, 0.15) is 38.5 Å². The highest BCUT2D eigenvalue weighted by atomic mass is 35.5. The number of hydrogen-bond donors (Lipinski definition) is 2. The normalized spacial score (nSPS) is 28.0. The van der Waals surface area contributed by atoms with Crippen LogP contribution >= 0.6 is 23.2 Å². The van der Waals surface area contributed by atoms with E-state index in [1.165, 1.54) is 43.4 Å². The Bertz CT molecular complexity index is 547. The number of piperidine rings is 1. The predicted molar refractivity (Wildman–Crippen MR) is 90.8 cm³/mol. The van der Waals surface area contributed by atoms with Crippen molar-refractivity contribution in [3.8, 4) is 0 Å². The minimum absolute atomic E-state index is 0.0328. The van der Waals surface area contributed by atoms with Gasteiger partial charge in [0.15, 0.2) is 6.54 Å². The van der Waals surface area contributed by atoms with Crippen molar-refractivity contribution >= 4 is 34.8 Å². The fraction of sp³-hybridized carbons (Fsp3) is 0.588. The van der Waals surface area contributed by atoms with Crippen molar-refractivity contribution in [3.63, 3.8) is 0 Å².